The second-order valence-corrected chi connectivity index (χ2v) is 5.96. The summed E-state index contributed by atoms with van der Waals surface area (Å²) in [5.41, 5.74) is 0.569. The summed E-state index contributed by atoms with van der Waals surface area (Å²) in [6.07, 6.45) is 3.63. The molecule has 0 amide bonds. The smallest absolute Gasteiger partial charge is 0.281 e. The van der Waals surface area contributed by atoms with Crippen molar-refractivity contribution in [2.24, 2.45) is 4.99 Å². The molecule has 0 aliphatic rings. The second kappa shape index (κ2) is 4.50. The van der Waals surface area contributed by atoms with Gasteiger partial charge in [-0.3, -0.25) is 9.55 Å². The molecule has 0 saturated carbocycles. The number of rotatable bonds is 4. The zero-order valence-electron chi connectivity index (χ0n) is 7.01. The molecular weight excluding hydrogens is 218 g/mol. The van der Waals surface area contributed by atoms with Gasteiger partial charge in [-0.1, -0.05) is 0 Å². The van der Waals surface area contributed by atoms with E-state index in [1.807, 2.05) is 12.5 Å². The molecule has 0 aromatic rings. The van der Waals surface area contributed by atoms with Gasteiger partial charge in [-0.15, -0.1) is 23.5 Å². The maximum absolute atomic E-state index is 10.3. The molecule has 12 heavy (non-hydrogen) atoms. The third kappa shape index (κ3) is 5.02. The number of thioether (sulfide) groups is 2. The highest BCUT2D eigenvalue weighted by Gasteiger charge is 2.19. The SMILES string of the molecule is CSC(C)(N=CS(=O)(=O)O)SC. The zero-order chi connectivity index (χ0) is 9.83. The molecule has 0 aliphatic heterocycles. The van der Waals surface area contributed by atoms with Crippen molar-refractivity contribution in [2.75, 3.05) is 12.5 Å². The molecule has 72 valence electrons. The van der Waals surface area contributed by atoms with Crippen LogP contribution in [0, 0.1) is 0 Å². The van der Waals surface area contributed by atoms with Crippen molar-refractivity contribution in [3.63, 3.8) is 0 Å². The Labute approximate surface area is 81.0 Å². The van der Waals surface area contributed by atoms with Crippen LogP contribution >= 0.6 is 23.5 Å². The molecule has 0 unspecified atom stereocenters. The first kappa shape index (κ1) is 12.3. The van der Waals surface area contributed by atoms with E-state index in [2.05, 4.69) is 4.99 Å². The highest BCUT2D eigenvalue weighted by Crippen LogP contribution is 2.34. The van der Waals surface area contributed by atoms with Gasteiger partial charge in [0.2, 0.25) is 0 Å². The molecule has 0 saturated heterocycles. The molecule has 7 heteroatoms. The summed E-state index contributed by atoms with van der Waals surface area (Å²) < 4.78 is 28.4. The van der Waals surface area contributed by atoms with Crippen LogP contribution in [0.2, 0.25) is 0 Å². The number of hydrogen-bond donors (Lipinski definition) is 1. The van der Waals surface area contributed by atoms with E-state index in [1.165, 1.54) is 23.5 Å². The maximum atomic E-state index is 10.3. The molecule has 0 aliphatic carbocycles. The topological polar surface area (TPSA) is 66.7 Å². The fourth-order valence-corrected chi connectivity index (χ4v) is 1.81. The predicted molar refractivity (Wildman–Crippen MR) is 55.5 cm³/mol. The Morgan fingerprint density at radius 3 is 2.08 bits per heavy atom. The van der Waals surface area contributed by atoms with Gasteiger partial charge < -0.3 is 0 Å². The van der Waals surface area contributed by atoms with E-state index in [0.29, 0.717) is 5.55 Å². The molecule has 0 spiro atoms. The van der Waals surface area contributed by atoms with E-state index in [-0.39, 0.29) is 0 Å². The van der Waals surface area contributed by atoms with E-state index < -0.39 is 14.3 Å². The van der Waals surface area contributed by atoms with Gasteiger partial charge in [-0.25, -0.2) is 0 Å². The van der Waals surface area contributed by atoms with Gasteiger partial charge in [0.15, 0.2) is 0 Å². The van der Waals surface area contributed by atoms with Crippen LogP contribution in [-0.4, -0.2) is 35.2 Å². The van der Waals surface area contributed by atoms with Gasteiger partial charge in [0.25, 0.3) is 0 Å². The summed E-state index contributed by atoms with van der Waals surface area (Å²) in [5.74, 6) is 0. The normalized spacial score (nSPS) is 14.0. The lowest BCUT2D eigenvalue weighted by Crippen LogP contribution is -2.12. The highest BCUT2D eigenvalue weighted by atomic mass is 32.2. The summed E-state index contributed by atoms with van der Waals surface area (Å²) in [5, 5.41) is 0. The van der Waals surface area contributed by atoms with Crippen molar-refractivity contribution in [2.45, 2.75) is 11.1 Å². The minimum absolute atomic E-state index is 0.546. The monoisotopic (exact) mass is 229 g/mol. The van der Waals surface area contributed by atoms with Gasteiger partial charge in [0.1, 0.15) is 9.75 Å². The van der Waals surface area contributed by atoms with Gasteiger partial charge in [0.05, 0.1) is 0 Å². The fourth-order valence-electron chi connectivity index (χ4n) is 0.351. The van der Waals surface area contributed by atoms with Gasteiger partial charge in [-0.05, 0) is 19.4 Å². The minimum atomic E-state index is -4.10. The molecule has 0 heterocycles. The summed E-state index contributed by atoms with van der Waals surface area (Å²) in [6.45, 7) is 1.77. The average Bonchev–Trinajstić information content (AvgIpc) is 1.99. The third-order valence-corrected chi connectivity index (χ3v) is 4.28. The van der Waals surface area contributed by atoms with Gasteiger partial charge >= 0.3 is 10.1 Å². The average molecular weight is 229 g/mol. The number of aliphatic imine (C=N–C) groups is 1. The van der Waals surface area contributed by atoms with Crippen molar-refractivity contribution in [3.8, 4) is 0 Å². The minimum Gasteiger partial charge on any atom is -0.281 e. The molecular formula is C5H11NO3S3. The quantitative estimate of drug-likeness (QED) is 0.341. The van der Waals surface area contributed by atoms with E-state index in [9.17, 15) is 8.42 Å². The van der Waals surface area contributed by atoms with E-state index >= 15 is 0 Å². The molecule has 0 radical (unpaired) electrons. The highest BCUT2D eigenvalue weighted by molar-refractivity contribution is 8.17. The van der Waals surface area contributed by atoms with Crippen LogP contribution < -0.4 is 0 Å². The van der Waals surface area contributed by atoms with Crippen LogP contribution in [0.4, 0.5) is 0 Å². The largest absolute Gasteiger partial charge is 0.304 e. The Hall–Kier alpha value is 0.280. The molecule has 0 fully saturated rings. The van der Waals surface area contributed by atoms with Crippen molar-refractivity contribution in [1.29, 1.82) is 0 Å². The first-order chi connectivity index (χ1) is 5.33. The Bertz CT molecular complexity index is 255. The lowest BCUT2D eigenvalue weighted by atomic mass is 10.8. The second-order valence-electron chi connectivity index (χ2n) is 2.06. The Balaban J connectivity index is 4.52. The molecule has 0 bridgehead atoms. The van der Waals surface area contributed by atoms with Crippen LogP contribution in [0.25, 0.3) is 0 Å². The molecule has 0 rings (SSSR count). The van der Waals surface area contributed by atoms with Crippen LogP contribution in [-0.2, 0) is 10.1 Å². The number of nitrogens with zero attached hydrogens (tertiary/aromatic N) is 1. The first-order valence-corrected chi connectivity index (χ1v) is 6.91. The van der Waals surface area contributed by atoms with Crippen LogP contribution in [0.15, 0.2) is 4.99 Å². The van der Waals surface area contributed by atoms with Crippen LogP contribution in [0.3, 0.4) is 0 Å². The summed E-state index contributed by atoms with van der Waals surface area (Å²) >= 11 is 2.80. The first-order valence-electron chi connectivity index (χ1n) is 2.96. The summed E-state index contributed by atoms with van der Waals surface area (Å²) in [7, 11) is -4.10. The third-order valence-electron chi connectivity index (χ3n) is 1.18. The lowest BCUT2D eigenvalue weighted by molar-refractivity contribution is 0.499. The van der Waals surface area contributed by atoms with Crippen LogP contribution in [0.1, 0.15) is 6.92 Å². The van der Waals surface area contributed by atoms with Crippen molar-refractivity contribution < 1.29 is 13.0 Å². The summed E-state index contributed by atoms with van der Waals surface area (Å²) in [4.78, 5) is 3.73. The van der Waals surface area contributed by atoms with Crippen molar-refractivity contribution >= 4 is 39.2 Å². The molecule has 0 atom stereocenters. The Kier molecular flexibility index (Phi) is 4.60. The van der Waals surface area contributed by atoms with Gasteiger partial charge in [0, 0.05) is 0 Å². The summed E-state index contributed by atoms with van der Waals surface area (Å²) in [6, 6.07) is 0. The lowest BCUT2D eigenvalue weighted by Gasteiger charge is -2.18. The fraction of sp³-hybridized carbons (Fsp3) is 0.800. The van der Waals surface area contributed by atoms with E-state index in [4.69, 9.17) is 4.55 Å². The van der Waals surface area contributed by atoms with E-state index in [1.54, 1.807) is 6.92 Å². The van der Waals surface area contributed by atoms with Gasteiger partial charge in [-0.2, -0.15) is 8.42 Å². The standard InChI is InChI=1S/C5H11NO3S3/c1-5(10-2,11-3)6-4-12(7,8)9/h4H,1-3H3,(H,7,8,9). The van der Waals surface area contributed by atoms with E-state index in [0.717, 1.165) is 0 Å². The molecule has 4 nitrogen and oxygen atoms in total. The van der Waals surface area contributed by atoms with Crippen molar-refractivity contribution in [3.05, 3.63) is 0 Å². The zero-order valence-corrected chi connectivity index (χ0v) is 9.46. The number of hydrogen-bond acceptors (Lipinski definition) is 5. The Morgan fingerprint density at radius 1 is 1.42 bits per heavy atom. The molecule has 0 aromatic carbocycles. The van der Waals surface area contributed by atoms with Crippen molar-refractivity contribution in [1.82, 2.24) is 0 Å². The molecule has 0 aromatic heterocycles. The Morgan fingerprint density at radius 2 is 1.83 bits per heavy atom. The predicted octanol–water partition coefficient (Wildman–Crippen LogP) is 1.30. The molecule has 1 N–H and O–H groups in total. The maximum Gasteiger partial charge on any atom is 0.304 e. The van der Waals surface area contributed by atoms with Crippen LogP contribution in [0.5, 0.6) is 0 Å².